The topological polar surface area (TPSA) is 38.8 Å². The van der Waals surface area contributed by atoms with Gasteiger partial charge in [0.05, 0.1) is 6.54 Å². The minimum Gasteiger partial charge on any atom is -0.468 e. The van der Waals surface area contributed by atoms with Gasteiger partial charge in [0.25, 0.3) is 6.43 Å². The first-order valence-electron chi connectivity index (χ1n) is 6.59. The third-order valence-corrected chi connectivity index (χ3v) is 3.39. The average Bonchev–Trinajstić information content (AvgIpc) is 2.50. The molecule has 23 heavy (non-hydrogen) atoms. The number of nitrogens with zero attached hydrogens (tertiary/aromatic N) is 1. The Morgan fingerprint density at radius 3 is 2.61 bits per heavy atom. The number of hydrogen-bond donors (Lipinski definition) is 0. The van der Waals surface area contributed by atoms with Crippen LogP contribution in [0.1, 0.15) is 12.0 Å². The van der Waals surface area contributed by atoms with E-state index in [0.29, 0.717) is 17.0 Å². The minimum atomic E-state index is -2.65. The molecule has 0 fully saturated rings. The number of alkyl halides is 3. The molecule has 8 heteroatoms. The van der Waals surface area contributed by atoms with Gasteiger partial charge in [0.1, 0.15) is 11.1 Å². The first kappa shape index (κ1) is 20.5. The number of carbonyl (C=O) groups is 1. The Kier molecular flexibility index (Phi) is 8.61. The van der Waals surface area contributed by atoms with E-state index in [0.717, 1.165) is 4.90 Å². The van der Waals surface area contributed by atoms with Crippen LogP contribution in [-0.4, -0.2) is 43.1 Å². The Morgan fingerprint density at radius 2 is 2.04 bits per heavy atom. The summed E-state index contributed by atoms with van der Waals surface area (Å²) in [6.45, 7) is -0.593. The van der Waals surface area contributed by atoms with Crippen LogP contribution in [0.2, 0.25) is 0 Å². The summed E-state index contributed by atoms with van der Waals surface area (Å²) in [5.74, 6) is 0.0411. The van der Waals surface area contributed by atoms with Gasteiger partial charge in [0.2, 0.25) is 5.91 Å². The fourth-order valence-corrected chi connectivity index (χ4v) is 2.26. The molecule has 123 valence electrons. The first-order chi connectivity index (χ1) is 10.5. The van der Waals surface area contributed by atoms with Crippen molar-refractivity contribution in [1.82, 2.24) is 4.90 Å². The van der Waals surface area contributed by atoms with Crippen molar-refractivity contribution in [1.29, 1.82) is 0 Å². The zero-order valence-corrected chi connectivity index (χ0v) is 16.1. The van der Waals surface area contributed by atoms with E-state index in [1.54, 1.807) is 24.3 Å². The second kappa shape index (κ2) is 9.67. The number of hydrogen-bond acceptors (Lipinski definition) is 3. The second-order valence-corrected chi connectivity index (χ2v) is 5.14. The van der Waals surface area contributed by atoms with Crippen molar-refractivity contribution in [2.45, 2.75) is 18.2 Å². The van der Waals surface area contributed by atoms with E-state index in [4.69, 9.17) is 21.1 Å². The predicted octanol–water partition coefficient (Wildman–Crippen LogP) is 2.92. The normalized spacial score (nSPS) is 17.8. The monoisotopic (exact) mass is 419 g/mol. The van der Waals surface area contributed by atoms with Crippen LogP contribution in [0.25, 0.3) is 5.70 Å². The number of ether oxygens (including phenoxy) is 2. The van der Waals surface area contributed by atoms with E-state index in [1.165, 1.54) is 7.11 Å². The van der Waals surface area contributed by atoms with Crippen molar-refractivity contribution in [2.24, 2.45) is 0 Å². The van der Waals surface area contributed by atoms with E-state index in [2.05, 4.69) is 6.08 Å². The molecule has 0 saturated heterocycles. The third kappa shape index (κ3) is 5.49. The molecule has 0 aliphatic carbocycles. The number of benzene rings is 1. The third-order valence-electron chi connectivity index (χ3n) is 3.04. The van der Waals surface area contributed by atoms with Gasteiger partial charge in [-0.05, 0) is 12.1 Å². The largest absolute Gasteiger partial charge is 0.468 e. The summed E-state index contributed by atoms with van der Waals surface area (Å²) in [6.07, 6.45) is 0.470. The molecule has 1 aliphatic rings. The average molecular weight is 420 g/mol. The molecular weight excluding hydrogens is 405 g/mol. The molecule has 1 unspecified atom stereocenters. The van der Waals surface area contributed by atoms with Crippen LogP contribution in [0.15, 0.2) is 24.3 Å². The van der Waals surface area contributed by atoms with Crippen molar-refractivity contribution in [2.75, 3.05) is 20.4 Å². The molecule has 0 aromatic heterocycles. The van der Waals surface area contributed by atoms with Crippen LogP contribution >= 0.6 is 11.6 Å². The van der Waals surface area contributed by atoms with E-state index >= 15 is 0 Å². The zero-order chi connectivity index (χ0) is 16.1. The van der Waals surface area contributed by atoms with Crippen molar-refractivity contribution >= 4 is 23.2 Å². The Balaban J connectivity index is 0.00000264. The number of amides is 1. The molecule has 0 bridgehead atoms. The molecule has 1 aromatic carbocycles. The number of methoxy groups -OCH3 is 1. The quantitative estimate of drug-likeness (QED) is 0.404. The predicted molar refractivity (Wildman–Crippen MR) is 77.6 cm³/mol. The van der Waals surface area contributed by atoms with Gasteiger partial charge in [-0.15, -0.1) is 29.4 Å². The maximum absolute atomic E-state index is 12.7. The van der Waals surface area contributed by atoms with Gasteiger partial charge in [0.15, 0.2) is 6.79 Å². The fourth-order valence-electron chi connectivity index (χ4n) is 2.06. The van der Waals surface area contributed by atoms with Crippen molar-refractivity contribution < 1.29 is 55.8 Å². The van der Waals surface area contributed by atoms with E-state index in [-0.39, 0.29) is 45.9 Å². The number of carbonyl (C=O) groups excluding carboxylic acids is 1. The van der Waals surface area contributed by atoms with Crippen LogP contribution in [0.4, 0.5) is 8.78 Å². The molecule has 0 spiro atoms. The van der Waals surface area contributed by atoms with Crippen molar-refractivity contribution in [3.05, 3.63) is 35.9 Å². The first-order valence-corrected chi connectivity index (χ1v) is 7.03. The second-order valence-electron chi connectivity index (χ2n) is 4.61. The van der Waals surface area contributed by atoms with Gasteiger partial charge in [-0.2, -0.15) is 5.56 Å². The zero-order valence-electron chi connectivity index (χ0n) is 12.5. The molecule has 1 aliphatic heterocycles. The standard InChI is InChI=1S/C15H15ClF2NO3.Y/c1-21-9-22-11-4-2-10(3-5-11)13-7-6-12(16)15(20)19(13)8-14(17)18;/h2-5,12,14H,6,8-9H2,1H3;/q-1;. The SMILES string of the molecule is COCOc1ccc(C2=[C-]CC(Cl)C(=O)N2CC(F)F)cc1.[Y]. The molecular formula is C15H15ClF2NO3Y-. The van der Waals surface area contributed by atoms with Crippen molar-refractivity contribution in [3.63, 3.8) is 0 Å². The van der Waals surface area contributed by atoms with Crippen molar-refractivity contribution in [3.8, 4) is 5.75 Å². The molecule has 0 saturated carbocycles. The molecule has 2 rings (SSSR count). The van der Waals surface area contributed by atoms with Crippen LogP contribution in [0, 0.1) is 6.08 Å². The van der Waals surface area contributed by atoms with E-state index in [9.17, 15) is 13.6 Å². The van der Waals surface area contributed by atoms with Crippen LogP contribution in [-0.2, 0) is 42.2 Å². The summed E-state index contributed by atoms with van der Waals surface area (Å²) in [5.41, 5.74) is 0.919. The molecule has 1 amide bonds. The van der Waals surface area contributed by atoms with Gasteiger partial charge in [-0.3, -0.25) is 4.79 Å². The Bertz CT molecular complexity index is 554. The molecule has 4 nitrogen and oxygen atoms in total. The van der Waals surface area contributed by atoms with Gasteiger partial charge in [-0.25, -0.2) is 14.9 Å². The minimum absolute atomic E-state index is 0. The molecule has 1 atom stereocenters. The Hall–Kier alpha value is -0.556. The number of rotatable bonds is 6. The summed E-state index contributed by atoms with van der Waals surface area (Å²) in [5, 5.41) is -0.855. The molecule has 1 radical (unpaired) electrons. The summed E-state index contributed by atoms with van der Waals surface area (Å²) in [7, 11) is 1.51. The van der Waals surface area contributed by atoms with Gasteiger partial charge >= 0.3 is 0 Å². The number of allylic oxidation sites excluding steroid dienone is 1. The molecule has 0 N–H and O–H groups in total. The van der Waals surface area contributed by atoms with Crippen LogP contribution < -0.4 is 4.74 Å². The smallest absolute Gasteiger partial charge is 0.256 e. The maximum Gasteiger partial charge on any atom is 0.256 e. The van der Waals surface area contributed by atoms with E-state index < -0.39 is 24.3 Å². The summed E-state index contributed by atoms with van der Waals surface area (Å²) >= 11 is 5.83. The fraction of sp³-hybridized carbons (Fsp3) is 0.400. The van der Waals surface area contributed by atoms with E-state index in [1.807, 2.05) is 0 Å². The summed E-state index contributed by atoms with van der Waals surface area (Å²) in [6, 6.07) is 6.68. The summed E-state index contributed by atoms with van der Waals surface area (Å²) < 4.78 is 35.4. The molecule has 1 heterocycles. The maximum atomic E-state index is 12.7. The van der Waals surface area contributed by atoms with Gasteiger partial charge in [-0.1, -0.05) is 6.42 Å². The number of halogens is 3. The Morgan fingerprint density at radius 1 is 1.39 bits per heavy atom. The van der Waals surface area contributed by atoms with Gasteiger partial charge in [0, 0.05) is 39.8 Å². The molecule has 1 aromatic rings. The van der Waals surface area contributed by atoms with Gasteiger partial charge < -0.3 is 14.4 Å². The van der Waals surface area contributed by atoms with Crippen LogP contribution in [0.5, 0.6) is 5.75 Å². The summed E-state index contributed by atoms with van der Waals surface area (Å²) in [4.78, 5) is 13.0. The van der Waals surface area contributed by atoms with Crippen LogP contribution in [0.3, 0.4) is 0 Å². The Labute approximate surface area is 163 Å².